The van der Waals surface area contributed by atoms with Crippen LogP contribution in [0.3, 0.4) is 0 Å². The second-order valence-corrected chi connectivity index (χ2v) is 5.03. The molecule has 6 heteroatoms. The van der Waals surface area contributed by atoms with Crippen molar-refractivity contribution in [2.75, 3.05) is 6.61 Å². The van der Waals surface area contributed by atoms with E-state index in [2.05, 4.69) is 15.0 Å². The van der Waals surface area contributed by atoms with E-state index in [0.29, 0.717) is 34.4 Å². The molecule has 0 atom stereocenters. The molecular formula is C16H14N4O2. The normalized spacial score (nSPS) is 10.8. The van der Waals surface area contributed by atoms with Crippen molar-refractivity contribution in [2.45, 2.75) is 13.3 Å². The molecule has 0 aliphatic rings. The Morgan fingerprint density at radius 3 is 2.68 bits per heavy atom. The molecule has 2 N–H and O–H groups in total. The predicted molar refractivity (Wildman–Crippen MR) is 82.3 cm³/mol. The van der Waals surface area contributed by atoms with Gasteiger partial charge in [0.15, 0.2) is 5.69 Å². The molecule has 0 spiro atoms. The zero-order valence-electron chi connectivity index (χ0n) is 12.0. The Bertz CT molecular complexity index is 893. The van der Waals surface area contributed by atoms with Gasteiger partial charge in [0.1, 0.15) is 22.5 Å². The standard InChI is InChI=1S/C16H14N4O2/c1-10-7-11(5-6-21)8-15(16(10)22)20-18-13-4-3-12(17-2)9-14(13)19-20/h3-4,7-9,21-22H,5-6H2,1H3. The number of phenolic OH excluding ortho intramolecular Hbond substituents is 1. The quantitative estimate of drug-likeness (QED) is 0.728. The molecule has 22 heavy (non-hydrogen) atoms. The lowest BCUT2D eigenvalue weighted by atomic mass is 10.1. The van der Waals surface area contributed by atoms with E-state index in [9.17, 15) is 5.11 Å². The lowest BCUT2D eigenvalue weighted by Gasteiger charge is -2.09. The molecule has 1 aromatic heterocycles. The predicted octanol–water partition coefficient (Wildman–Crippen LogP) is 2.52. The molecule has 0 unspecified atom stereocenters. The summed E-state index contributed by atoms with van der Waals surface area (Å²) in [5.41, 5.74) is 3.80. The third-order valence-corrected chi connectivity index (χ3v) is 3.45. The van der Waals surface area contributed by atoms with Crippen molar-refractivity contribution in [1.29, 1.82) is 0 Å². The lowest BCUT2D eigenvalue weighted by molar-refractivity contribution is 0.299. The maximum Gasteiger partial charge on any atom is 0.189 e. The highest BCUT2D eigenvalue weighted by Gasteiger charge is 2.12. The van der Waals surface area contributed by atoms with Crippen LogP contribution in [0.1, 0.15) is 11.1 Å². The van der Waals surface area contributed by atoms with Crippen molar-refractivity contribution in [3.63, 3.8) is 0 Å². The number of aromatic hydroxyl groups is 1. The number of hydrogen-bond acceptors (Lipinski definition) is 4. The van der Waals surface area contributed by atoms with Crippen LogP contribution in [-0.2, 0) is 6.42 Å². The number of aromatic nitrogens is 3. The van der Waals surface area contributed by atoms with Gasteiger partial charge in [-0.3, -0.25) is 0 Å². The van der Waals surface area contributed by atoms with E-state index < -0.39 is 0 Å². The average Bonchev–Trinajstić information content (AvgIpc) is 2.93. The Balaban J connectivity index is 2.16. The zero-order valence-corrected chi connectivity index (χ0v) is 12.0. The highest BCUT2D eigenvalue weighted by Crippen LogP contribution is 2.28. The van der Waals surface area contributed by atoms with E-state index in [0.717, 1.165) is 5.56 Å². The fourth-order valence-corrected chi connectivity index (χ4v) is 2.34. The molecular weight excluding hydrogens is 280 g/mol. The largest absolute Gasteiger partial charge is 0.505 e. The highest BCUT2D eigenvalue weighted by atomic mass is 16.3. The molecule has 0 aliphatic carbocycles. The van der Waals surface area contributed by atoms with Crippen molar-refractivity contribution in [1.82, 2.24) is 15.0 Å². The van der Waals surface area contributed by atoms with Crippen LogP contribution >= 0.6 is 0 Å². The number of aryl methyl sites for hydroxylation is 1. The van der Waals surface area contributed by atoms with Gasteiger partial charge < -0.3 is 10.2 Å². The molecule has 1 heterocycles. The van der Waals surface area contributed by atoms with Crippen molar-refractivity contribution in [3.05, 3.63) is 52.9 Å². The van der Waals surface area contributed by atoms with Crippen LogP contribution in [0.15, 0.2) is 30.3 Å². The SMILES string of the molecule is [C-]#[N+]c1ccc2nn(-c3cc(CCO)cc(C)c3O)nc2c1. The molecule has 6 nitrogen and oxygen atoms in total. The number of rotatable bonds is 3. The molecule has 0 saturated carbocycles. The molecule has 3 aromatic rings. The van der Waals surface area contributed by atoms with Gasteiger partial charge in [0.25, 0.3) is 0 Å². The number of aliphatic hydroxyl groups is 1. The first-order chi connectivity index (χ1) is 10.6. The van der Waals surface area contributed by atoms with E-state index in [1.165, 1.54) is 4.80 Å². The van der Waals surface area contributed by atoms with Gasteiger partial charge >= 0.3 is 0 Å². The highest BCUT2D eigenvalue weighted by molar-refractivity contribution is 5.78. The number of hydrogen-bond donors (Lipinski definition) is 2. The van der Waals surface area contributed by atoms with Gasteiger partial charge in [0, 0.05) is 6.61 Å². The summed E-state index contributed by atoms with van der Waals surface area (Å²) in [7, 11) is 0. The zero-order chi connectivity index (χ0) is 15.7. The van der Waals surface area contributed by atoms with Gasteiger partial charge in [0.05, 0.1) is 6.57 Å². The van der Waals surface area contributed by atoms with Crippen molar-refractivity contribution < 1.29 is 10.2 Å². The van der Waals surface area contributed by atoms with E-state index in [1.54, 1.807) is 31.2 Å². The van der Waals surface area contributed by atoms with Gasteiger partial charge in [-0.05, 0) is 42.7 Å². The summed E-state index contributed by atoms with van der Waals surface area (Å²) < 4.78 is 0. The molecule has 3 rings (SSSR count). The maximum absolute atomic E-state index is 10.3. The first-order valence-electron chi connectivity index (χ1n) is 6.80. The maximum atomic E-state index is 10.3. The minimum Gasteiger partial charge on any atom is -0.505 e. The first kappa shape index (κ1) is 14.0. The number of aliphatic hydroxyl groups excluding tert-OH is 1. The van der Waals surface area contributed by atoms with Crippen molar-refractivity contribution >= 4 is 16.7 Å². The summed E-state index contributed by atoms with van der Waals surface area (Å²) in [6.45, 7) is 8.86. The molecule has 0 saturated heterocycles. The molecule has 110 valence electrons. The van der Waals surface area contributed by atoms with Crippen molar-refractivity contribution in [2.24, 2.45) is 0 Å². The van der Waals surface area contributed by atoms with Crippen LogP contribution in [0, 0.1) is 13.5 Å². The van der Waals surface area contributed by atoms with Crippen LogP contribution < -0.4 is 0 Å². The van der Waals surface area contributed by atoms with Gasteiger partial charge in [-0.15, -0.1) is 15.0 Å². The third-order valence-electron chi connectivity index (χ3n) is 3.45. The minimum absolute atomic E-state index is 0.0343. The molecule has 0 amide bonds. The second kappa shape index (κ2) is 5.47. The Kier molecular flexibility index (Phi) is 3.49. The summed E-state index contributed by atoms with van der Waals surface area (Å²) in [5.74, 6) is 0.104. The Morgan fingerprint density at radius 2 is 1.95 bits per heavy atom. The monoisotopic (exact) mass is 294 g/mol. The fourth-order valence-electron chi connectivity index (χ4n) is 2.34. The smallest absolute Gasteiger partial charge is 0.189 e. The van der Waals surface area contributed by atoms with E-state index >= 15 is 0 Å². The number of phenols is 1. The van der Waals surface area contributed by atoms with Crippen LogP contribution in [0.5, 0.6) is 5.75 Å². The Hall–Kier alpha value is -2.91. The second-order valence-electron chi connectivity index (χ2n) is 5.03. The Labute approximate surface area is 127 Å². The van der Waals surface area contributed by atoms with Crippen molar-refractivity contribution in [3.8, 4) is 11.4 Å². The molecule has 0 bridgehead atoms. The van der Waals surface area contributed by atoms with Crippen LogP contribution in [0.25, 0.3) is 21.6 Å². The van der Waals surface area contributed by atoms with Crippen LogP contribution in [0.2, 0.25) is 0 Å². The van der Waals surface area contributed by atoms with Crippen LogP contribution in [0.4, 0.5) is 5.69 Å². The summed E-state index contributed by atoms with van der Waals surface area (Å²) in [6, 6.07) is 8.66. The van der Waals surface area contributed by atoms with Crippen LogP contribution in [-0.4, -0.2) is 31.8 Å². The van der Waals surface area contributed by atoms with Gasteiger partial charge in [-0.1, -0.05) is 12.1 Å². The van der Waals surface area contributed by atoms with E-state index in [1.807, 2.05) is 6.07 Å². The van der Waals surface area contributed by atoms with Gasteiger partial charge in [-0.2, -0.15) is 0 Å². The molecule has 0 aliphatic heterocycles. The lowest BCUT2D eigenvalue weighted by Crippen LogP contribution is -2.02. The fraction of sp³-hybridized carbons (Fsp3) is 0.188. The minimum atomic E-state index is 0.0343. The molecule has 0 radical (unpaired) electrons. The number of benzene rings is 2. The Morgan fingerprint density at radius 1 is 1.18 bits per heavy atom. The summed E-state index contributed by atoms with van der Waals surface area (Å²) in [6.07, 6.45) is 0.497. The van der Waals surface area contributed by atoms with Gasteiger partial charge in [-0.25, -0.2) is 4.85 Å². The van der Waals surface area contributed by atoms with E-state index in [4.69, 9.17) is 11.7 Å². The third kappa shape index (κ3) is 2.38. The topological polar surface area (TPSA) is 75.5 Å². The number of fused-ring (bicyclic) bond motifs is 1. The summed E-state index contributed by atoms with van der Waals surface area (Å²) in [5, 5.41) is 28.0. The summed E-state index contributed by atoms with van der Waals surface area (Å²) in [4.78, 5) is 4.73. The average molecular weight is 294 g/mol. The van der Waals surface area contributed by atoms with Gasteiger partial charge in [0.2, 0.25) is 0 Å². The molecule has 0 fully saturated rings. The first-order valence-corrected chi connectivity index (χ1v) is 6.80. The van der Waals surface area contributed by atoms with E-state index in [-0.39, 0.29) is 12.4 Å². The molecule has 2 aromatic carbocycles. The number of nitrogens with zero attached hydrogens (tertiary/aromatic N) is 4. The summed E-state index contributed by atoms with van der Waals surface area (Å²) >= 11 is 0.